The van der Waals surface area contributed by atoms with Gasteiger partial charge >= 0.3 is 0 Å². The van der Waals surface area contributed by atoms with Crippen molar-refractivity contribution in [2.45, 2.75) is 26.2 Å². The molecular weight excluding hydrogens is 184 g/mol. The predicted molar refractivity (Wildman–Crippen MR) is 62.8 cm³/mol. The van der Waals surface area contributed by atoms with Gasteiger partial charge in [0.2, 0.25) is 0 Å². The van der Waals surface area contributed by atoms with Gasteiger partial charge in [0, 0.05) is 5.56 Å². The molecule has 2 nitrogen and oxygen atoms in total. The van der Waals surface area contributed by atoms with E-state index in [9.17, 15) is 0 Å². The number of benzene rings is 1. The lowest BCUT2D eigenvalue weighted by atomic mass is 9.86. The first-order valence-corrected chi connectivity index (χ1v) is 5.26. The van der Waals surface area contributed by atoms with Crippen LogP contribution in [-0.4, -0.2) is 6.54 Å². The van der Waals surface area contributed by atoms with Gasteiger partial charge in [-0.25, -0.2) is 0 Å². The lowest BCUT2D eigenvalue weighted by Gasteiger charge is -2.18. The summed E-state index contributed by atoms with van der Waals surface area (Å²) in [6, 6.07) is 8.58. The van der Waals surface area contributed by atoms with Gasteiger partial charge in [0.1, 0.15) is 0 Å². The molecule has 0 aliphatic carbocycles. The third kappa shape index (κ3) is 2.14. The molecule has 1 aliphatic rings. The van der Waals surface area contributed by atoms with Crippen molar-refractivity contribution in [3.8, 4) is 0 Å². The Morgan fingerprint density at radius 3 is 2.20 bits per heavy atom. The Bertz CT molecular complexity index is 405. The third-order valence-corrected chi connectivity index (χ3v) is 2.59. The van der Waals surface area contributed by atoms with Gasteiger partial charge in [0.15, 0.2) is 0 Å². The van der Waals surface area contributed by atoms with Gasteiger partial charge in [0.05, 0.1) is 12.2 Å². The van der Waals surface area contributed by atoms with E-state index in [2.05, 4.69) is 55.3 Å². The van der Waals surface area contributed by atoms with Crippen molar-refractivity contribution in [1.82, 2.24) is 0 Å². The molecule has 2 heteroatoms. The maximum absolute atomic E-state index is 4.08. The fraction of sp³-hybridized carbons (Fsp3) is 0.385. The molecule has 1 aromatic rings. The van der Waals surface area contributed by atoms with Crippen LogP contribution in [0, 0.1) is 0 Å². The molecular formula is C13H16N2. The zero-order valence-corrected chi connectivity index (χ0v) is 9.49. The number of azo groups is 1. The van der Waals surface area contributed by atoms with E-state index in [1.54, 1.807) is 0 Å². The molecule has 0 saturated carbocycles. The molecule has 1 aromatic carbocycles. The lowest BCUT2D eigenvalue weighted by molar-refractivity contribution is 0.590. The van der Waals surface area contributed by atoms with Gasteiger partial charge in [-0.1, -0.05) is 45.0 Å². The molecule has 0 fully saturated rings. The van der Waals surface area contributed by atoms with Crippen molar-refractivity contribution in [2.24, 2.45) is 10.2 Å². The number of hydrogen-bond donors (Lipinski definition) is 0. The first-order chi connectivity index (χ1) is 7.07. The van der Waals surface area contributed by atoms with E-state index in [4.69, 9.17) is 0 Å². The zero-order valence-electron chi connectivity index (χ0n) is 9.49. The summed E-state index contributed by atoms with van der Waals surface area (Å²) in [5.41, 5.74) is 3.71. The maximum Gasteiger partial charge on any atom is 0.0904 e. The molecule has 15 heavy (non-hydrogen) atoms. The van der Waals surface area contributed by atoms with E-state index >= 15 is 0 Å². The topological polar surface area (TPSA) is 24.7 Å². The van der Waals surface area contributed by atoms with Gasteiger partial charge < -0.3 is 0 Å². The molecule has 0 bridgehead atoms. The summed E-state index contributed by atoms with van der Waals surface area (Å²) in [5, 5.41) is 8.03. The molecule has 1 heterocycles. The van der Waals surface area contributed by atoms with Crippen molar-refractivity contribution in [3.63, 3.8) is 0 Å². The molecule has 1 aliphatic heterocycles. The molecule has 0 atom stereocenters. The van der Waals surface area contributed by atoms with Crippen molar-refractivity contribution in [3.05, 3.63) is 41.5 Å². The SMILES string of the molecule is CC(C)(C)c1ccc(C2=CCN=N2)cc1. The number of rotatable bonds is 1. The summed E-state index contributed by atoms with van der Waals surface area (Å²) in [4.78, 5) is 0. The fourth-order valence-corrected chi connectivity index (χ4v) is 1.60. The summed E-state index contributed by atoms with van der Waals surface area (Å²) in [7, 11) is 0. The van der Waals surface area contributed by atoms with Crippen molar-refractivity contribution in [1.29, 1.82) is 0 Å². The van der Waals surface area contributed by atoms with E-state index in [-0.39, 0.29) is 5.41 Å². The van der Waals surface area contributed by atoms with Gasteiger partial charge in [-0.2, -0.15) is 10.2 Å². The standard InChI is InChI=1S/C13H16N2/c1-13(2,3)11-6-4-10(5-7-11)12-8-9-14-15-12/h4-8H,9H2,1-3H3. The Hall–Kier alpha value is -1.44. The van der Waals surface area contributed by atoms with Crippen molar-refractivity contribution >= 4 is 5.70 Å². The van der Waals surface area contributed by atoms with Crippen LogP contribution in [0.3, 0.4) is 0 Å². The summed E-state index contributed by atoms with van der Waals surface area (Å²) in [5.74, 6) is 0. The van der Waals surface area contributed by atoms with Crippen molar-refractivity contribution < 1.29 is 0 Å². The lowest BCUT2D eigenvalue weighted by Crippen LogP contribution is -2.10. The van der Waals surface area contributed by atoms with Crippen LogP contribution >= 0.6 is 0 Å². The minimum absolute atomic E-state index is 0.212. The monoisotopic (exact) mass is 200 g/mol. The molecule has 0 aromatic heterocycles. The molecule has 0 spiro atoms. The van der Waals surface area contributed by atoms with Crippen LogP contribution in [0.5, 0.6) is 0 Å². The van der Waals surface area contributed by atoms with E-state index in [1.807, 2.05) is 6.08 Å². The highest BCUT2D eigenvalue weighted by molar-refractivity contribution is 5.65. The highest BCUT2D eigenvalue weighted by Crippen LogP contribution is 2.25. The minimum Gasteiger partial charge on any atom is -0.184 e. The Labute approximate surface area is 90.7 Å². The predicted octanol–water partition coefficient (Wildman–Crippen LogP) is 3.79. The van der Waals surface area contributed by atoms with Gasteiger partial charge in [-0.15, -0.1) is 0 Å². The molecule has 0 saturated heterocycles. The van der Waals surface area contributed by atoms with E-state index < -0.39 is 0 Å². The largest absolute Gasteiger partial charge is 0.184 e. The third-order valence-electron chi connectivity index (χ3n) is 2.59. The van der Waals surface area contributed by atoms with Crippen LogP contribution in [0.2, 0.25) is 0 Å². The average Bonchev–Trinajstić information content (AvgIpc) is 2.69. The van der Waals surface area contributed by atoms with Crippen molar-refractivity contribution in [2.75, 3.05) is 6.54 Å². The first-order valence-electron chi connectivity index (χ1n) is 5.26. The molecule has 0 N–H and O–H groups in total. The Morgan fingerprint density at radius 2 is 1.73 bits per heavy atom. The highest BCUT2D eigenvalue weighted by Gasteiger charge is 2.13. The molecule has 0 amide bonds. The van der Waals surface area contributed by atoms with E-state index in [0.717, 1.165) is 17.8 Å². The van der Waals surface area contributed by atoms with Gasteiger partial charge in [-0.05, 0) is 17.1 Å². The Kier molecular flexibility index (Phi) is 2.43. The number of hydrogen-bond acceptors (Lipinski definition) is 2. The number of nitrogens with zero attached hydrogens (tertiary/aromatic N) is 2. The summed E-state index contributed by atoms with van der Waals surface area (Å²) in [6.45, 7) is 7.38. The van der Waals surface area contributed by atoms with Crippen LogP contribution in [-0.2, 0) is 5.41 Å². The second-order valence-corrected chi connectivity index (χ2v) is 4.84. The minimum atomic E-state index is 0.212. The van der Waals surface area contributed by atoms with Crippen LogP contribution < -0.4 is 0 Å². The Morgan fingerprint density at radius 1 is 1.07 bits per heavy atom. The van der Waals surface area contributed by atoms with E-state index in [0.29, 0.717) is 0 Å². The molecule has 78 valence electrons. The van der Waals surface area contributed by atoms with E-state index in [1.165, 1.54) is 5.56 Å². The second-order valence-electron chi connectivity index (χ2n) is 4.84. The average molecular weight is 200 g/mol. The molecule has 2 rings (SSSR count). The summed E-state index contributed by atoms with van der Waals surface area (Å²) < 4.78 is 0. The molecule has 0 unspecified atom stereocenters. The highest BCUT2D eigenvalue weighted by atomic mass is 15.1. The second kappa shape index (κ2) is 3.61. The van der Waals surface area contributed by atoms with Crippen LogP contribution in [0.1, 0.15) is 31.9 Å². The molecule has 0 radical (unpaired) electrons. The smallest absolute Gasteiger partial charge is 0.0904 e. The maximum atomic E-state index is 4.08. The Balaban J connectivity index is 2.28. The van der Waals surface area contributed by atoms with Crippen LogP contribution in [0.15, 0.2) is 40.6 Å². The summed E-state index contributed by atoms with van der Waals surface area (Å²) in [6.07, 6.45) is 2.05. The van der Waals surface area contributed by atoms with Crippen LogP contribution in [0.25, 0.3) is 5.70 Å². The van der Waals surface area contributed by atoms with Gasteiger partial charge in [0.25, 0.3) is 0 Å². The summed E-state index contributed by atoms with van der Waals surface area (Å²) >= 11 is 0. The fourth-order valence-electron chi connectivity index (χ4n) is 1.60. The zero-order chi connectivity index (χ0) is 10.9. The quantitative estimate of drug-likeness (QED) is 0.659. The van der Waals surface area contributed by atoms with Gasteiger partial charge in [-0.3, -0.25) is 0 Å². The van der Waals surface area contributed by atoms with Crippen LogP contribution in [0.4, 0.5) is 0 Å². The normalized spacial score (nSPS) is 15.5. The first kappa shape index (κ1) is 10.1.